The van der Waals surface area contributed by atoms with Crippen LogP contribution in [0.1, 0.15) is 12.8 Å². The molecule has 0 saturated heterocycles. The minimum atomic E-state index is -1.10. The molecular weight excluding hydrogens is 220 g/mol. The molecule has 0 saturated carbocycles. The van der Waals surface area contributed by atoms with Gasteiger partial charge in [0.1, 0.15) is 8.80 Å². The van der Waals surface area contributed by atoms with E-state index in [-0.39, 0.29) is 0 Å². The lowest BCUT2D eigenvalue weighted by Crippen LogP contribution is -2.34. The number of hydrogen-bond acceptors (Lipinski definition) is 0. The lowest BCUT2D eigenvalue weighted by Gasteiger charge is -2.19. The van der Waals surface area contributed by atoms with Crippen molar-refractivity contribution >= 4 is 14.0 Å². The summed E-state index contributed by atoms with van der Waals surface area (Å²) in [4.78, 5) is 0. The van der Waals surface area contributed by atoms with Crippen LogP contribution in [0.15, 0.2) is 77.2 Å². The van der Waals surface area contributed by atoms with Crippen LogP contribution >= 0.6 is 0 Å². The second-order valence-corrected chi connectivity index (χ2v) is 7.61. The molecular formula is C16H16Si. The molecule has 84 valence electrons. The van der Waals surface area contributed by atoms with E-state index in [0.717, 1.165) is 12.8 Å². The fourth-order valence-electron chi connectivity index (χ4n) is 2.67. The van der Waals surface area contributed by atoms with E-state index in [4.69, 9.17) is 0 Å². The molecule has 0 heterocycles. The van der Waals surface area contributed by atoms with E-state index in [2.05, 4.69) is 66.8 Å². The van der Waals surface area contributed by atoms with Crippen molar-refractivity contribution in [2.75, 3.05) is 0 Å². The Balaban J connectivity index is 1.97. The first-order valence-electron chi connectivity index (χ1n) is 6.21. The Kier molecular flexibility index (Phi) is 2.93. The fourth-order valence-corrected chi connectivity index (χ4v) is 5.96. The van der Waals surface area contributed by atoms with Gasteiger partial charge in [-0.15, -0.1) is 0 Å². The van der Waals surface area contributed by atoms with Crippen LogP contribution in [0.5, 0.6) is 0 Å². The molecule has 2 aliphatic carbocycles. The van der Waals surface area contributed by atoms with Crippen LogP contribution in [0.3, 0.4) is 0 Å². The molecule has 0 N–H and O–H groups in total. The predicted octanol–water partition coefficient (Wildman–Crippen LogP) is 2.97. The highest BCUT2D eigenvalue weighted by molar-refractivity contribution is 6.86. The fraction of sp³-hybridized carbons (Fsp3) is 0.125. The Labute approximate surface area is 104 Å². The third-order valence-electron chi connectivity index (χ3n) is 3.47. The molecule has 0 aromatic heterocycles. The summed E-state index contributed by atoms with van der Waals surface area (Å²) in [5.74, 6) is 0. The van der Waals surface area contributed by atoms with E-state index in [1.807, 2.05) is 0 Å². The van der Waals surface area contributed by atoms with Crippen LogP contribution in [-0.4, -0.2) is 8.80 Å². The lowest BCUT2D eigenvalue weighted by molar-refractivity contribution is 1.34. The predicted molar refractivity (Wildman–Crippen MR) is 76.9 cm³/mol. The van der Waals surface area contributed by atoms with Gasteiger partial charge in [-0.2, -0.15) is 0 Å². The number of allylic oxidation sites excluding steroid dienone is 8. The van der Waals surface area contributed by atoms with Crippen LogP contribution < -0.4 is 5.19 Å². The smallest absolute Gasteiger partial charge is 0.0809 e. The van der Waals surface area contributed by atoms with Crippen LogP contribution in [-0.2, 0) is 0 Å². The normalized spacial score (nSPS) is 17.7. The van der Waals surface area contributed by atoms with Gasteiger partial charge in [-0.3, -0.25) is 0 Å². The number of rotatable bonds is 3. The maximum absolute atomic E-state index is 2.34. The summed E-state index contributed by atoms with van der Waals surface area (Å²) in [6.45, 7) is 0. The summed E-state index contributed by atoms with van der Waals surface area (Å²) in [5, 5.41) is 4.87. The van der Waals surface area contributed by atoms with Gasteiger partial charge >= 0.3 is 0 Å². The van der Waals surface area contributed by atoms with Crippen LogP contribution in [0, 0.1) is 0 Å². The first-order valence-corrected chi connectivity index (χ1v) is 7.94. The van der Waals surface area contributed by atoms with Crippen molar-refractivity contribution in [3.63, 3.8) is 0 Å². The summed E-state index contributed by atoms with van der Waals surface area (Å²) in [6.07, 6.45) is 16.0. The highest BCUT2D eigenvalue weighted by atomic mass is 28.3. The summed E-state index contributed by atoms with van der Waals surface area (Å²) in [6, 6.07) is 11.0. The van der Waals surface area contributed by atoms with Crippen molar-refractivity contribution in [1.82, 2.24) is 0 Å². The van der Waals surface area contributed by atoms with Gasteiger partial charge in [-0.25, -0.2) is 0 Å². The molecule has 0 atom stereocenters. The van der Waals surface area contributed by atoms with Gasteiger partial charge in [0, 0.05) is 0 Å². The topological polar surface area (TPSA) is 0 Å². The van der Waals surface area contributed by atoms with Crippen LogP contribution in [0.4, 0.5) is 0 Å². The Morgan fingerprint density at radius 1 is 0.765 bits per heavy atom. The Morgan fingerprint density at radius 2 is 1.35 bits per heavy atom. The molecule has 2 aliphatic rings. The van der Waals surface area contributed by atoms with E-state index < -0.39 is 8.80 Å². The molecule has 0 spiro atoms. The molecule has 3 rings (SSSR count). The van der Waals surface area contributed by atoms with Gasteiger partial charge in [0.05, 0.1) is 0 Å². The first-order chi connectivity index (χ1) is 8.45. The standard InChI is InChI=1S/C16H16Si/c1-2-8-14(9-3-1)17(15-10-4-5-11-15)16-12-6-7-13-16/h1-10,12,17H,11,13H2. The van der Waals surface area contributed by atoms with E-state index in [1.54, 1.807) is 15.6 Å². The van der Waals surface area contributed by atoms with Gasteiger partial charge in [0.25, 0.3) is 0 Å². The van der Waals surface area contributed by atoms with Gasteiger partial charge in [0.15, 0.2) is 0 Å². The molecule has 17 heavy (non-hydrogen) atoms. The summed E-state index contributed by atoms with van der Waals surface area (Å²) >= 11 is 0. The Hall–Kier alpha value is -1.60. The minimum absolute atomic E-state index is 1.10. The molecule has 0 radical (unpaired) electrons. The molecule has 1 heteroatoms. The highest BCUT2D eigenvalue weighted by Crippen LogP contribution is 2.23. The number of benzene rings is 1. The molecule has 0 nitrogen and oxygen atoms in total. The van der Waals surface area contributed by atoms with Crippen LogP contribution in [0.2, 0.25) is 0 Å². The SMILES string of the molecule is C1=CCC([SiH](C2=CC=CC2)c2ccccc2)=C1. The molecule has 0 fully saturated rings. The maximum Gasteiger partial charge on any atom is 0.124 e. The largest absolute Gasteiger partial charge is 0.124 e. The molecule has 1 aromatic rings. The van der Waals surface area contributed by atoms with E-state index >= 15 is 0 Å². The lowest BCUT2D eigenvalue weighted by atomic mass is 10.4. The average molecular weight is 236 g/mol. The van der Waals surface area contributed by atoms with Crippen molar-refractivity contribution in [3.8, 4) is 0 Å². The van der Waals surface area contributed by atoms with Gasteiger partial charge < -0.3 is 0 Å². The molecule has 1 aromatic carbocycles. The molecule has 0 aliphatic heterocycles. The Bertz CT molecular complexity index is 488. The maximum atomic E-state index is 2.34. The number of hydrogen-bond donors (Lipinski definition) is 0. The van der Waals surface area contributed by atoms with Gasteiger partial charge in [0.2, 0.25) is 0 Å². The summed E-state index contributed by atoms with van der Waals surface area (Å²) < 4.78 is 0. The molecule has 0 bridgehead atoms. The quantitative estimate of drug-likeness (QED) is 0.708. The minimum Gasteiger partial charge on any atom is -0.0809 e. The second kappa shape index (κ2) is 4.72. The zero-order valence-electron chi connectivity index (χ0n) is 9.84. The van der Waals surface area contributed by atoms with Gasteiger partial charge in [-0.1, -0.05) is 82.4 Å². The zero-order valence-corrected chi connectivity index (χ0v) is 11.0. The Morgan fingerprint density at radius 3 is 1.82 bits per heavy atom. The second-order valence-electron chi connectivity index (χ2n) is 4.59. The van der Waals surface area contributed by atoms with E-state index in [9.17, 15) is 0 Å². The third kappa shape index (κ3) is 2.11. The highest BCUT2D eigenvalue weighted by Gasteiger charge is 2.23. The monoisotopic (exact) mass is 236 g/mol. The third-order valence-corrected chi connectivity index (χ3v) is 6.87. The van der Waals surface area contributed by atoms with Crippen molar-refractivity contribution < 1.29 is 0 Å². The average Bonchev–Trinajstić information content (AvgIpc) is 3.04. The van der Waals surface area contributed by atoms with Crippen LogP contribution in [0.25, 0.3) is 0 Å². The van der Waals surface area contributed by atoms with Gasteiger partial charge in [-0.05, 0) is 12.8 Å². The van der Waals surface area contributed by atoms with Crippen molar-refractivity contribution in [1.29, 1.82) is 0 Å². The van der Waals surface area contributed by atoms with Crippen molar-refractivity contribution in [2.45, 2.75) is 12.8 Å². The van der Waals surface area contributed by atoms with E-state index in [1.165, 1.54) is 0 Å². The molecule has 0 amide bonds. The molecule has 0 unspecified atom stereocenters. The first kappa shape index (κ1) is 10.5. The summed E-state index contributed by atoms with van der Waals surface area (Å²) in [7, 11) is -1.10. The van der Waals surface area contributed by atoms with Crippen molar-refractivity contribution in [2.24, 2.45) is 0 Å². The summed E-state index contributed by atoms with van der Waals surface area (Å²) in [5.41, 5.74) is 0. The van der Waals surface area contributed by atoms with E-state index in [0.29, 0.717) is 0 Å². The zero-order chi connectivity index (χ0) is 11.5. The van der Waals surface area contributed by atoms with Crippen molar-refractivity contribution in [3.05, 3.63) is 77.2 Å².